The zero-order valence-electron chi connectivity index (χ0n) is 7.86. The molecule has 0 saturated heterocycles. The highest BCUT2D eigenvalue weighted by atomic mass is 14.9. The first kappa shape index (κ1) is 9.69. The van der Waals surface area contributed by atoms with Crippen molar-refractivity contribution in [3.63, 3.8) is 0 Å². The van der Waals surface area contributed by atoms with Gasteiger partial charge in [0.15, 0.2) is 0 Å². The van der Waals surface area contributed by atoms with E-state index in [9.17, 15) is 0 Å². The molecule has 1 rings (SSSR count). The summed E-state index contributed by atoms with van der Waals surface area (Å²) < 4.78 is 0. The normalized spacial score (nSPS) is 14.5. The Bertz CT molecular complexity index is 289. The van der Waals surface area contributed by atoms with Gasteiger partial charge in [-0.1, -0.05) is 6.07 Å². The third-order valence-electron chi connectivity index (χ3n) is 1.88. The number of hydrogen-bond acceptors (Lipinski definition) is 3. The van der Waals surface area contributed by atoms with Crippen molar-refractivity contribution in [3.8, 4) is 6.07 Å². The van der Waals surface area contributed by atoms with Gasteiger partial charge in [-0.15, -0.1) is 0 Å². The molecule has 0 radical (unpaired) electrons. The molecule has 0 aliphatic carbocycles. The summed E-state index contributed by atoms with van der Waals surface area (Å²) in [6.07, 6.45) is 3.55. The van der Waals surface area contributed by atoms with Crippen LogP contribution in [0.5, 0.6) is 0 Å². The average Bonchev–Trinajstić information content (AvgIpc) is 2.19. The van der Waals surface area contributed by atoms with Crippen molar-refractivity contribution >= 4 is 0 Å². The lowest BCUT2D eigenvalue weighted by Gasteiger charge is -2.14. The topological polar surface area (TPSA) is 48.7 Å². The molecule has 1 aromatic heterocycles. The van der Waals surface area contributed by atoms with Crippen LogP contribution in [0.25, 0.3) is 0 Å². The SMILES string of the molecule is CC(C#N)N[C@H](C)c1cccnc1. The first-order valence-corrected chi connectivity index (χ1v) is 4.29. The van der Waals surface area contributed by atoms with Crippen LogP contribution < -0.4 is 5.32 Å². The van der Waals surface area contributed by atoms with E-state index in [1.807, 2.05) is 32.2 Å². The molecule has 0 spiro atoms. The predicted octanol–water partition coefficient (Wildman–Crippen LogP) is 1.64. The molecule has 1 unspecified atom stereocenters. The van der Waals surface area contributed by atoms with E-state index in [1.54, 1.807) is 6.20 Å². The predicted molar refractivity (Wildman–Crippen MR) is 50.9 cm³/mol. The highest BCUT2D eigenvalue weighted by Gasteiger charge is 2.07. The van der Waals surface area contributed by atoms with Gasteiger partial charge in [0.05, 0.1) is 12.1 Å². The van der Waals surface area contributed by atoms with Crippen LogP contribution in [-0.2, 0) is 0 Å². The fourth-order valence-corrected chi connectivity index (χ4v) is 1.14. The van der Waals surface area contributed by atoms with E-state index in [0.29, 0.717) is 0 Å². The monoisotopic (exact) mass is 175 g/mol. The Morgan fingerprint density at radius 2 is 2.31 bits per heavy atom. The Labute approximate surface area is 78.4 Å². The fourth-order valence-electron chi connectivity index (χ4n) is 1.14. The Hall–Kier alpha value is -1.40. The van der Waals surface area contributed by atoms with Crippen molar-refractivity contribution in [1.29, 1.82) is 5.26 Å². The van der Waals surface area contributed by atoms with Crippen LogP contribution >= 0.6 is 0 Å². The van der Waals surface area contributed by atoms with Crippen molar-refractivity contribution in [3.05, 3.63) is 30.1 Å². The number of aromatic nitrogens is 1. The van der Waals surface area contributed by atoms with E-state index in [-0.39, 0.29) is 12.1 Å². The van der Waals surface area contributed by atoms with Gasteiger partial charge in [-0.05, 0) is 25.5 Å². The fraction of sp³-hybridized carbons (Fsp3) is 0.400. The summed E-state index contributed by atoms with van der Waals surface area (Å²) in [4.78, 5) is 4.02. The van der Waals surface area contributed by atoms with E-state index in [0.717, 1.165) is 5.56 Å². The minimum Gasteiger partial charge on any atom is -0.295 e. The van der Waals surface area contributed by atoms with Crippen molar-refractivity contribution in [2.75, 3.05) is 0 Å². The molecular weight excluding hydrogens is 162 g/mol. The first-order chi connectivity index (χ1) is 6.24. The quantitative estimate of drug-likeness (QED) is 0.759. The third-order valence-corrected chi connectivity index (χ3v) is 1.88. The maximum Gasteiger partial charge on any atom is 0.0929 e. The second kappa shape index (κ2) is 4.58. The third kappa shape index (κ3) is 2.85. The van der Waals surface area contributed by atoms with E-state index < -0.39 is 0 Å². The van der Waals surface area contributed by atoms with Gasteiger partial charge in [-0.2, -0.15) is 5.26 Å². The van der Waals surface area contributed by atoms with Gasteiger partial charge < -0.3 is 0 Å². The van der Waals surface area contributed by atoms with Crippen LogP contribution in [-0.4, -0.2) is 11.0 Å². The lowest BCUT2D eigenvalue weighted by Crippen LogP contribution is -2.27. The van der Waals surface area contributed by atoms with Gasteiger partial charge >= 0.3 is 0 Å². The number of pyridine rings is 1. The largest absolute Gasteiger partial charge is 0.295 e. The summed E-state index contributed by atoms with van der Waals surface area (Å²) in [5, 5.41) is 11.7. The molecule has 1 N–H and O–H groups in total. The molecule has 0 aromatic carbocycles. The highest BCUT2D eigenvalue weighted by Crippen LogP contribution is 2.09. The number of rotatable bonds is 3. The van der Waals surface area contributed by atoms with Gasteiger partial charge in [0, 0.05) is 18.4 Å². The average molecular weight is 175 g/mol. The molecular formula is C10H13N3. The molecule has 68 valence electrons. The van der Waals surface area contributed by atoms with Crippen molar-refractivity contribution in [2.24, 2.45) is 0 Å². The molecule has 0 aliphatic heterocycles. The zero-order chi connectivity index (χ0) is 9.68. The van der Waals surface area contributed by atoms with E-state index in [2.05, 4.69) is 16.4 Å². The van der Waals surface area contributed by atoms with Crippen LogP contribution in [0.1, 0.15) is 25.5 Å². The van der Waals surface area contributed by atoms with Crippen LogP contribution in [0, 0.1) is 11.3 Å². The van der Waals surface area contributed by atoms with Crippen LogP contribution in [0.15, 0.2) is 24.5 Å². The molecule has 0 aliphatic rings. The number of nitriles is 1. The summed E-state index contributed by atoms with van der Waals surface area (Å²) in [7, 11) is 0. The summed E-state index contributed by atoms with van der Waals surface area (Å²) >= 11 is 0. The Balaban J connectivity index is 2.60. The Kier molecular flexibility index (Phi) is 3.41. The summed E-state index contributed by atoms with van der Waals surface area (Å²) in [5.41, 5.74) is 1.10. The maximum absolute atomic E-state index is 8.60. The van der Waals surface area contributed by atoms with Crippen molar-refractivity contribution in [2.45, 2.75) is 25.9 Å². The second-order valence-corrected chi connectivity index (χ2v) is 3.03. The molecule has 2 atom stereocenters. The summed E-state index contributed by atoms with van der Waals surface area (Å²) in [6.45, 7) is 3.86. The van der Waals surface area contributed by atoms with Crippen molar-refractivity contribution < 1.29 is 0 Å². The lowest BCUT2D eigenvalue weighted by molar-refractivity contribution is 0.541. The summed E-state index contributed by atoms with van der Waals surface area (Å²) in [6, 6.07) is 6.06. The molecule has 3 nitrogen and oxygen atoms in total. The Morgan fingerprint density at radius 3 is 2.85 bits per heavy atom. The second-order valence-electron chi connectivity index (χ2n) is 3.03. The summed E-state index contributed by atoms with van der Waals surface area (Å²) in [5.74, 6) is 0. The Morgan fingerprint density at radius 1 is 1.54 bits per heavy atom. The molecule has 0 amide bonds. The van der Waals surface area contributed by atoms with Crippen LogP contribution in [0.2, 0.25) is 0 Å². The van der Waals surface area contributed by atoms with Crippen molar-refractivity contribution in [1.82, 2.24) is 10.3 Å². The maximum atomic E-state index is 8.60. The van der Waals surface area contributed by atoms with E-state index >= 15 is 0 Å². The molecule has 0 fully saturated rings. The van der Waals surface area contributed by atoms with Gasteiger partial charge in [0.25, 0.3) is 0 Å². The van der Waals surface area contributed by atoms with Crippen LogP contribution in [0.4, 0.5) is 0 Å². The smallest absolute Gasteiger partial charge is 0.0929 e. The van der Waals surface area contributed by atoms with Gasteiger partial charge in [0.1, 0.15) is 0 Å². The van der Waals surface area contributed by atoms with E-state index in [4.69, 9.17) is 5.26 Å². The minimum absolute atomic E-state index is 0.129. The molecule has 0 bridgehead atoms. The van der Waals surface area contributed by atoms with Gasteiger partial charge in [0.2, 0.25) is 0 Å². The van der Waals surface area contributed by atoms with Crippen LogP contribution in [0.3, 0.4) is 0 Å². The molecule has 1 heterocycles. The highest BCUT2D eigenvalue weighted by molar-refractivity contribution is 5.13. The van der Waals surface area contributed by atoms with Gasteiger partial charge in [-0.3, -0.25) is 10.3 Å². The molecule has 3 heteroatoms. The standard InChI is InChI=1S/C10H13N3/c1-8(6-11)13-9(2)10-4-3-5-12-7-10/h3-5,7-9,13H,1-2H3/t8?,9-/m1/s1. The number of hydrogen-bond donors (Lipinski definition) is 1. The number of nitrogens with one attached hydrogen (secondary N) is 1. The lowest BCUT2D eigenvalue weighted by atomic mass is 10.1. The molecule has 0 saturated carbocycles. The molecule has 13 heavy (non-hydrogen) atoms. The number of nitrogens with zero attached hydrogens (tertiary/aromatic N) is 2. The first-order valence-electron chi connectivity index (χ1n) is 4.29. The van der Waals surface area contributed by atoms with Gasteiger partial charge in [-0.25, -0.2) is 0 Å². The zero-order valence-corrected chi connectivity index (χ0v) is 7.86. The van der Waals surface area contributed by atoms with E-state index in [1.165, 1.54) is 0 Å². The minimum atomic E-state index is -0.129. The molecule has 1 aromatic rings.